The molecule has 1 aliphatic carbocycles. The highest BCUT2D eigenvalue weighted by Crippen LogP contribution is 2.65. The molecule has 2 fully saturated rings. The number of nitrogens with zero attached hydrogens (tertiary/aromatic N) is 1. The van der Waals surface area contributed by atoms with E-state index in [4.69, 9.17) is 10.1 Å². The molecule has 3 aliphatic rings. The molecular formula is C18H21N3O3. The minimum absolute atomic E-state index is 0.262. The molecule has 126 valence electrons. The molecular weight excluding hydrogens is 306 g/mol. The summed E-state index contributed by atoms with van der Waals surface area (Å²) in [6.45, 7) is 6.18. The van der Waals surface area contributed by atoms with Gasteiger partial charge in [0.25, 0.3) is 5.91 Å². The quantitative estimate of drug-likeness (QED) is 0.814. The van der Waals surface area contributed by atoms with Crippen molar-refractivity contribution in [3.05, 3.63) is 35.4 Å². The number of carbonyl (C=O) groups is 2. The summed E-state index contributed by atoms with van der Waals surface area (Å²) in [5.74, 6) is -0.369. The summed E-state index contributed by atoms with van der Waals surface area (Å²) >= 11 is 0. The van der Waals surface area contributed by atoms with Crippen LogP contribution in [0.2, 0.25) is 0 Å². The molecule has 6 heteroatoms. The van der Waals surface area contributed by atoms with Gasteiger partial charge in [0.05, 0.1) is 12.0 Å². The van der Waals surface area contributed by atoms with Crippen LogP contribution in [-0.2, 0) is 20.9 Å². The van der Waals surface area contributed by atoms with E-state index in [1.54, 1.807) is 0 Å². The summed E-state index contributed by atoms with van der Waals surface area (Å²) in [7, 11) is 0. The molecule has 2 heterocycles. The molecule has 2 aliphatic heterocycles. The molecule has 1 aromatic rings. The first-order valence-electron chi connectivity index (χ1n) is 8.22. The van der Waals surface area contributed by atoms with Gasteiger partial charge in [-0.25, -0.2) is 0 Å². The molecule has 4 rings (SSSR count). The number of hydrogen-bond acceptors (Lipinski definition) is 4. The van der Waals surface area contributed by atoms with Gasteiger partial charge in [-0.2, -0.15) is 0 Å². The molecule has 1 aromatic carbocycles. The average Bonchev–Trinajstić information content (AvgIpc) is 3.01. The van der Waals surface area contributed by atoms with Crippen LogP contribution in [0.4, 0.5) is 0 Å². The number of amides is 1. The number of hydrazine groups is 1. The Morgan fingerprint density at radius 3 is 2.54 bits per heavy atom. The predicted molar refractivity (Wildman–Crippen MR) is 86.9 cm³/mol. The summed E-state index contributed by atoms with van der Waals surface area (Å²) in [5, 5.41) is 9.79. The lowest BCUT2D eigenvalue weighted by molar-refractivity contribution is -0.169. The van der Waals surface area contributed by atoms with Gasteiger partial charge in [-0.1, -0.05) is 38.1 Å². The number of ether oxygens (including phenoxy) is 1. The van der Waals surface area contributed by atoms with Gasteiger partial charge in [-0.3, -0.25) is 25.4 Å². The number of carbonyl (C=O) groups excluding carboxylic acids is 2. The Bertz CT molecular complexity index is 787. The Balaban J connectivity index is 1.61. The Hall–Kier alpha value is -2.37. The molecule has 1 saturated heterocycles. The fourth-order valence-electron chi connectivity index (χ4n) is 4.34. The standard InChI is InChI=1S/C18H21N3O3/c1-16(2)17(3)8-9-18(16,24-15(17)23)14(22)20-21-10-11-6-4-5-7-12(11)13(21)19/h4-7,19H,8-10H2,1-3H3,(H,20,22)/t17-,18-/m1/s1. The zero-order chi connectivity index (χ0) is 17.3. The van der Waals surface area contributed by atoms with Crippen molar-refractivity contribution in [1.29, 1.82) is 5.41 Å². The molecule has 1 amide bonds. The SMILES string of the molecule is CC1(C)[C@]2(C)CC[C@]1(C(=O)NN1Cc3ccccc3C1=N)OC2=O. The van der Waals surface area contributed by atoms with E-state index in [9.17, 15) is 9.59 Å². The number of amidine groups is 1. The van der Waals surface area contributed by atoms with Gasteiger partial charge >= 0.3 is 5.97 Å². The summed E-state index contributed by atoms with van der Waals surface area (Å²) in [5.41, 5.74) is 2.26. The predicted octanol–water partition coefficient (Wildman–Crippen LogP) is 1.98. The van der Waals surface area contributed by atoms with Crippen molar-refractivity contribution in [1.82, 2.24) is 10.4 Å². The lowest BCUT2D eigenvalue weighted by Crippen LogP contribution is -2.57. The van der Waals surface area contributed by atoms with E-state index in [0.717, 1.165) is 11.1 Å². The summed E-state index contributed by atoms with van der Waals surface area (Å²) in [6, 6.07) is 7.61. The minimum Gasteiger partial charge on any atom is -0.448 e. The second-order valence-electron chi connectivity index (χ2n) is 7.71. The first-order chi connectivity index (χ1) is 11.2. The van der Waals surface area contributed by atoms with Crippen molar-refractivity contribution in [2.24, 2.45) is 10.8 Å². The maximum Gasteiger partial charge on any atom is 0.313 e. The molecule has 2 atom stereocenters. The van der Waals surface area contributed by atoms with E-state index in [1.165, 1.54) is 5.01 Å². The van der Waals surface area contributed by atoms with E-state index >= 15 is 0 Å². The largest absolute Gasteiger partial charge is 0.448 e. The Morgan fingerprint density at radius 2 is 1.96 bits per heavy atom. The summed E-state index contributed by atoms with van der Waals surface area (Å²) < 4.78 is 5.60. The van der Waals surface area contributed by atoms with Gasteiger partial charge in [0, 0.05) is 11.0 Å². The van der Waals surface area contributed by atoms with Crippen LogP contribution >= 0.6 is 0 Å². The molecule has 0 radical (unpaired) electrons. The van der Waals surface area contributed by atoms with Crippen LogP contribution in [0.15, 0.2) is 24.3 Å². The maximum atomic E-state index is 13.1. The van der Waals surface area contributed by atoms with Gasteiger partial charge in [-0.05, 0) is 25.3 Å². The van der Waals surface area contributed by atoms with Crippen LogP contribution in [0.5, 0.6) is 0 Å². The zero-order valence-electron chi connectivity index (χ0n) is 14.1. The van der Waals surface area contributed by atoms with E-state index < -0.39 is 16.4 Å². The molecule has 0 spiro atoms. The fraction of sp³-hybridized carbons (Fsp3) is 0.500. The first kappa shape index (κ1) is 15.2. The van der Waals surface area contributed by atoms with Crippen LogP contribution in [0.1, 0.15) is 44.7 Å². The van der Waals surface area contributed by atoms with Crippen molar-refractivity contribution in [2.75, 3.05) is 0 Å². The number of esters is 1. The van der Waals surface area contributed by atoms with Crippen LogP contribution < -0.4 is 5.43 Å². The van der Waals surface area contributed by atoms with Crippen LogP contribution in [-0.4, -0.2) is 28.3 Å². The highest BCUT2D eigenvalue weighted by molar-refractivity contribution is 6.02. The van der Waals surface area contributed by atoms with Crippen molar-refractivity contribution in [3.63, 3.8) is 0 Å². The highest BCUT2D eigenvalue weighted by Gasteiger charge is 2.75. The van der Waals surface area contributed by atoms with Gasteiger partial charge in [0.1, 0.15) is 5.84 Å². The zero-order valence-corrected chi connectivity index (χ0v) is 14.1. The minimum atomic E-state index is -1.16. The Labute approximate surface area is 140 Å². The van der Waals surface area contributed by atoms with Crippen LogP contribution in [0, 0.1) is 16.2 Å². The third-order valence-electron chi connectivity index (χ3n) is 6.56. The van der Waals surface area contributed by atoms with Crippen molar-refractivity contribution in [2.45, 2.75) is 45.8 Å². The van der Waals surface area contributed by atoms with Gasteiger partial charge in [0.15, 0.2) is 5.60 Å². The lowest BCUT2D eigenvalue weighted by atomic mass is 9.66. The van der Waals surface area contributed by atoms with Crippen LogP contribution in [0.25, 0.3) is 0 Å². The number of benzene rings is 1. The summed E-state index contributed by atoms with van der Waals surface area (Å²) in [6.07, 6.45) is 1.16. The second kappa shape index (κ2) is 4.37. The van der Waals surface area contributed by atoms with E-state index in [1.807, 2.05) is 45.0 Å². The smallest absolute Gasteiger partial charge is 0.313 e. The van der Waals surface area contributed by atoms with Crippen molar-refractivity contribution >= 4 is 17.7 Å². The summed E-state index contributed by atoms with van der Waals surface area (Å²) in [4.78, 5) is 25.4. The van der Waals surface area contributed by atoms with Crippen molar-refractivity contribution < 1.29 is 14.3 Å². The van der Waals surface area contributed by atoms with E-state index in [2.05, 4.69) is 5.43 Å². The normalized spacial score (nSPS) is 32.7. The van der Waals surface area contributed by atoms with Crippen molar-refractivity contribution in [3.8, 4) is 0 Å². The number of fused-ring (bicyclic) bond motifs is 3. The lowest BCUT2D eigenvalue weighted by Gasteiger charge is -2.36. The molecule has 0 aromatic heterocycles. The molecule has 1 saturated carbocycles. The van der Waals surface area contributed by atoms with Gasteiger partial charge in [-0.15, -0.1) is 0 Å². The van der Waals surface area contributed by atoms with Gasteiger partial charge < -0.3 is 4.74 Å². The van der Waals surface area contributed by atoms with E-state index in [0.29, 0.717) is 19.4 Å². The highest BCUT2D eigenvalue weighted by atomic mass is 16.6. The third-order valence-corrected chi connectivity index (χ3v) is 6.56. The Kier molecular flexibility index (Phi) is 2.77. The fourth-order valence-corrected chi connectivity index (χ4v) is 4.34. The monoisotopic (exact) mass is 327 g/mol. The molecule has 2 N–H and O–H groups in total. The molecule has 0 unspecified atom stereocenters. The second-order valence-corrected chi connectivity index (χ2v) is 7.71. The molecule has 24 heavy (non-hydrogen) atoms. The topological polar surface area (TPSA) is 82.5 Å². The van der Waals surface area contributed by atoms with Crippen LogP contribution in [0.3, 0.4) is 0 Å². The number of nitrogens with one attached hydrogen (secondary N) is 2. The molecule has 6 nitrogen and oxygen atoms in total. The maximum absolute atomic E-state index is 13.1. The number of hydrogen-bond donors (Lipinski definition) is 2. The van der Waals surface area contributed by atoms with Gasteiger partial charge in [0.2, 0.25) is 0 Å². The molecule has 2 bridgehead atoms. The third kappa shape index (κ3) is 1.53. The first-order valence-corrected chi connectivity index (χ1v) is 8.22. The Morgan fingerprint density at radius 1 is 1.25 bits per heavy atom. The number of rotatable bonds is 2. The van der Waals surface area contributed by atoms with E-state index in [-0.39, 0.29) is 17.7 Å². The average molecular weight is 327 g/mol.